The maximum absolute atomic E-state index is 11.4. The molecule has 0 aromatic carbocycles. The monoisotopic (exact) mass is 275 g/mol. The number of aromatic nitrogens is 2. The Morgan fingerprint density at radius 1 is 1.42 bits per heavy atom. The second-order valence-corrected chi connectivity index (χ2v) is 5.48. The first-order chi connectivity index (χ1) is 9.13. The summed E-state index contributed by atoms with van der Waals surface area (Å²) in [5.41, 5.74) is 12.7. The molecule has 6 nitrogen and oxygen atoms in total. The summed E-state index contributed by atoms with van der Waals surface area (Å²) in [4.78, 5) is 21.3. The van der Waals surface area contributed by atoms with Crippen LogP contribution in [0.2, 0.25) is 0 Å². The van der Waals surface area contributed by atoms with E-state index < -0.39 is 5.91 Å². The van der Waals surface area contributed by atoms with Crippen LogP contribution in [-0.4, -0.2) is 15.9 Å². The quantitative estimate of drug-likeness (QED) is 0.786. The SMILES string of the molecule is NC(=O)c1cc(N)cnc1Nc1nc2c(s1)CCC2. The number of carbonyl (C=O) groups excluding carboxylic acids is 1. The molecule has 0 unspecified atom stereocenters. The van der Waals surface area contributed by atoms with Crippen molar-refractivity contribution in [2.75, 3.05) is 11.1 Å². The summed E-state index contributed by atoms with van der Waals surface area (Å²) >= 11 is 1.60. The second-order valence-electron chi connectivity index (χ2n) is 4.40. The fourth-order valence-electron chi connectivity index (χ4n) is 2.11. The molecule has 98 valence electrons. The summed E-state index contributed by atoms with van der Waals surface area (Å²) < 4.78 is 0. The average molecular weight is 275 g/mol. The number of nitrogen functional groups attached to an aromatic ring is 1. The summed E-state index contributed by atoms with van der Waals surface area (Å²) in [7, 11) is 0. The van der Waals surface area contributed by atoms with Gasteiger partial charge in [-0.1, -0.05) is 0 Å². The molecule has 1 aliphatic rings. The lowest BCUT2D eigenvalue weighted by Crippen LogP contribution is -2.14. The van der Waals surface area contributed by atoms with Crippen LogP contribution in [0.3, 0.4) is 0 Å². The molecule has 0 atom stereocenters. The molecule has 3 rings (SSSR count). The number of aryl methyl sites for hydroxylation is 2. The number of hydrogen-bond acceptors (Lipinski definition) is 6. The number of hydrogen-bond donors (Lipinski definition) is 3. The summed E-state index contributed by atoms with van der Waals surface area (Å²) in [5, 5.41) is 3.79. The fraction of sp³-hybridized carbons (Fsp3) is 0.250. The Kier molecular flexibility index (Phi) is 2.83. The highest BCUT2D eigenvalue weighted by atomic mass is 32.1. The van der Waals surface area contributed by atoms with Gasteiger partial charge in [0.2, 0.25) is 0 Å². The number of anilines is 3. The van der Waals surface area contributed by atoms with E-state index in [1.165, 1.54) is 23.6 Å². The van der Waals surface area contributed by atoms with E-state index in [2.05, 4.69) is 15.3 Å². The molecule has 1 amide bonds. The van der Waals surface area contributed by atoms with E-state index in [0.717, 1.165) is 23.7 Å². The molecule has 0 saturated carbocycles. The Labute approximate surface area is 113 Å². The van der Waals surface area contributed by atoms with Gasteiger partial charge in [0.25, 0.3) is 5.91 Å². The number of nitrogens with two attached hydrogens (primary N) is 2. The van der Waals surface area contributed by atoms with Crippen LogP contribution in [0.15, 0.2) is 12.3 Å². The zero-order valence-corrected chi connectivity index (χ0v) is 11.0. The van der Waals surface area contributed by atoms with Crippen LogP contribution in [-0.2, 0) is 12.8 Å². The van der Waals surface area contributed by atoms with E-state index in [1.807, 2.05) is 0 Å². The van der Waals surface area contributed by atoms with Gasteiger partial charge in [0.05, 0.1) is 23.1 Å². The fourth-order valence-corrected chi connectivity index (χ4v) is 3.16. The van der Waals surface area contributed by atoms with Crippen molar-refractivity contribution in [2.24, 2.45) is 5.73 Å². The molecule has 0 aliphatic heterocycles. The minimum absolute atomic E-state index is 0.273. The van der Waals surface area contributed by atoms with Gasteiger partial charge in [-0.3, -0.25) is 4.79 Å². The third-order valence-corrected chi connectivity index (χ3v) is 4.07. The maximum Gasteiger partial charge on any atom is 0.252 e. The normalized spacial score (nSPS) is 13.3. The number of nitrogens with zero attached hydrogens (tertiary/aromatic N) is 2. The zero-order valence-electron chi connectivity index (χ0n) is 10.1. The first-order valence-electron chi connectivity index (χ1n) is 5.94. The molecule has 0 bridgehead atoms. The highest BCUT2D eigenvalue weighted by molar-refractivity contribution is 7.15. The van der Waals surface area contributed by atoms with E-state index in [4.69, 9.17) is 11.5 Å². The number of pyridine rings is 1. The predicted molar refractivity (Wildman–Crippen MR) is 74.6 cm³/mol. The van der Waals surface area contributed by atoms with E-state index in [0.29, 0.717) is 11.5 Å². The van der Waals surface area contributed by atoms with Crippen LogP contribution in [0.25, 0.3) is 0 Å². The molecule has 1 aliphatic carbocycles. The molecule has 2 heterocycles. The Balaban J connectivity index is 1.92. The van der Waals surface area contributed by atoms with Gasteiger partial charge in [0.15, 0.2) is 5.13 Å². The number of carbonyl (C=O) groups is 1. The van der Waals surface area contributed by atoms with Gasteiger partial charge in [-0.15, -0.1) is 11.3 Å². The second kappa shape index (κ2) is 4.51. The summed E-state index contributed by atoms with van der Waals surface area (Å²) in [6.07, 6.45) is 4.75. The number of amides is 1. The lowest BCUT2D eigenvalue weighted by Gasteiger charge is -2.07. The van der Waals surface area contributed by atoms with Gasteiger partial charge in [0.1, 0.15) is 5.82 Å². The van der Waals surface area contributed by atoms with Crippen LogP contribution < -0.4 is 16.8 Å². The van der Waals surface area contributed by atoms with Gasteiger partial charge < -0.3 is 16.8 Å². The summed E-state index contributed by atoms with van der Waals surface area (Å²) in [6.45, 7) is 0. The van der Waals surface area contributed by atoms with Crippen molar-refractivity contribution < 1.29 is 4.79 Å². The van der Waals surface area contributed by atoms with Crippen LogP contribution in [0.4, 0.5) is 16.6 Å². The van der Waals surface area contributed by atoms with Crippen molar-refractivity contribution in [3.63, 3.8) is 0 Å². The van der Waals surface area contributed by atoms with Crippen LogP contribution >= 0.6 is 11.3 Å². The Hall–Kier alpha value is -2.15. The Morgan fingerprint density at radius 2 is 2.26 bits per heavy atom. The molecule has 2 aromatic heterocycles. The molecule has 0 radical (unpaired) electrons. The highest BCUT2D eigenvalue weighted by Crippen LogP contribution is 2.32. The lowest BCUT2D eigenvalue weighted by molar-refractivity contribution is 0.100. The molecule has 19 heavy (non-hydrogen) atoms. The Bertz CT molecular complexity index is 630. The van der Waals surface area contributed by atoms with Gasteiger partial charge in [0, 0.05) is 4.88 Å². The smallest absolute Gasteiger partial charge is 0.252 e. The molecule has 0 fully saturated rings. The van der Waals surface area contributed by atoms with Gasteiger partial charge >= 0.3 is 0 Å². The maximum atomic E-state index is 11.4. The first-order valence-corrected chi connectivity index (χ1v) is 6.76. The van der Waals surface area contributed by atoms with Crippen molar-refractivity contribution >= 4 is 33.9 Å². The number of thiazole rings is 1. The first kappa shape index (κ1) is 11.9. The largest absolute Gasteiger partial charge is 0.397 e. The van der Waals surface area contributed by atoms with Gasteiger partial charge in [-0.2, -0.15) is 0 Å². The van der Waals surface area contributed by atoms with Crippen molar-refractivity contribution in [1.82, 2.24) is 9.97 Å². The molecule has 5 N–H and O–H groups in total. The van der Waals surface area contributed by atoms with Crippen LogP contribution in [0.5, 0.6) is 0 Å². The third-order valence-electron chi connectivity index (χ3n) is 3.00. The molecule has 0 spiro atoms. The van der Waals surface area contributed by atoms with Crippen molar-refractivity contribution in [3.8, 4) is 0 Å². The molecular formula is C12H13N5OS. The van der Waals surface area contributed by atoms with E-state index in [-0.39, 0.29) is 5.56 Å². The Morgan fingerprint density at radius 3 is 3.00 bits per heavy atom. The van der Waals surface area contributed by atoms with Crippen LogP contribution in [0.1, 0.15) is 27.3 Å². The molecule has 0 saturated heterocycles. The van der Waals surface area contributed by atoms with Gasteiger partial charge in [-0.05, 0) is 25.3 Å². The molecule has 2 aromatic rings. The minimum Gasteiger partial charge on any atom is -0.397 e. The van der Waals surface area contributed by atoms with E-state index in [1.54, 1.807) is 11.3 Å². The molecular weight excluding hydrogens is 262 g/mol. The van der Waals surface area contributed by atoms with E-state index in [9.17, 15) is 4.79 Å². The summed E-state index contributed by atoms with van der Waals surface area (Å²) in [5.74, 6) is -0.166. The number of rotatable bonds is 3. The van der Waals surface area contributed by atoms with Crippen LogP contribution in [0, 0.1) is 0 Å². The molecule has 7 heteroatoms. The lowest BCUT2D eigenvalue weighted by atomic mass is 10.2. The van der Waals surface area contributed by atoms with E-state index >= 15 is 0 Å². The zero-order chi connectivity index (χ0) is 13.4. The third kappa shape index (κ3) is 2.24. The number of nitrogens with one attached hydrogen (secondary N) is 1. The number of primary amides is 1. The van der Waals surface area contributed by atoms with Crippen molar-refractivity contribution in [2.45, 2.75) is 19.3 Å². The van der Waals surface area contributed by atoms with Gasteiger partial charge in [-0.25, -0.2) is 9.97 Å². The minimum atomic E-state index is -0.564. The van der Waals surface area contributed by atoms with Crippen molar-refractivity contribution in [3.05, 3.63) is 28.4 Å². The topological polar surface area (TPSA) is 107 Å². The highest BCUT2D eigenvalue weighted by Gasteiger charge is 2.18. The van der Waals surface area contributed by atoms with Crippen molar-refractivity contribution in [1.29, 1.82) is 0 Å². The average Bonchev–Trinajstić information content (AvgIpc) is 2.91. The number of fused-ring (bicyclic) bond motifs is 1. The standard InChI is InChI=1S/C12H13N5OS/c13-6-4-7(10(14)18)11(15-5-6)17-12-16-8-2-1-3-9(8)19-12/h4-5H,1-3,13H2,(H2,14,18)(H,15,16,17). The predicted octanol–water partition coefficient (Wildman–Crippen LogP) is 1.45. The summed E-state index contributed by atoms with van der Waals surface area (Å²) in [6, 6.07) is 1.51.